The number of carbonyl (C=O) groups excluding carboxylic acids is 1. The summed E-state index contributed by atoms with van der Waals surface area (Å²) >= 11 is 0. The van der Waals surface area contributed by atoms with Gasteiger partial charge in [0.2, 0.25) is 11.7 Å². The van der Waals surface area contributed by atoms with E-state index in [1.54, 1.807) is 12.1 Å². The normalized spacial score (nSPS) is 16.6. The number of nitrogens with one attached hydrogen (secondary N) is 1. The topological polar surface area (TPSA) is 109 Å². The monoisotopic (exact) mass is 419 g/mol. The van der Waals surface area contributed by atoms with Crippen molar-refractivity contribution in [2.45, 2.75) is 12.7 Å². The van der Waals surface area contributed by atoms with Crippen molar-refractivity contribution in [3.63, 3.8) is 0 Å². The Hall–Kier alpha value is -2.51. The number of hydrogen-bond acceptors (Lipinski definition) is 6. The second kappa shape index (κ2) is 7.48. The van der Waals surface area contributed by atoms with Crippen LogP contribution in [0.2, 0.25) is 0 Å². The van der Waals surface area contributed by atoms with Crippen LogP contribution in [-0.2, 0) is 27.7 Å². The molecule has 0 saturated carbocycles. The third kappa shape index (κ3) is 4.31. The molecule has 0 atom stereocenters. The lowest BCUT2D eigenvalue weighted by molar-refractivity contribution is -0.159. The van der Waals surface area contributed by atoms with Gasteiger partial charge in [0.15, 0.2) is 0 Å². The molecule has 0 radical (unpaired) electrons. The van der Waals surface area contributed by atoms with E-state index in [-0.39, 0.29) is 37.9 Å². The zero-order valence-electron chi connectivity index (χ0n) is 14.6. The largest absolute Gasteiger partial charge is 0.471 e. The molecule has 1 aliphatic heterocycles. The Morgan fingerprint density at radius 3 is 2.43 bits per heavy atom. The molecule has 9 nitrogen and oxygen atoms in total. The first-order chi connectivity index (χ1) is 13.1. The van der Waals surface area contributed by atoms with Gasteiger partial charge in [-0.25, -0.2) is 4.72 Å². The molecule has 0 unspecified atom stereocenters. The van der Waals surface area contributed by atoms with Crippen LogP contribution in [-0.4, -0.2) is 60.4 Å². The van der Waals surface area contributed by atoms with Crippen molar-refractivity contribution in [2.24, 2.45) is 0 Å². The van der Waals surface area contributed by atoms with E-state index in [4.69, 9.17) is 0 Å². The highest BCUT2D eigenvalue weighted by molar-refractivity contribution is 7.87. The first kappa shape index (κ1) is 20.2. The average Bonchev–Trinajstić information content (AvgIpc) is 3.14. The first-order valence-electron chi connectivity index (χ1n) is 8.07. The van der Waals surface area contributed by atoms with Crippen LogP contribution in [0.25, 0.3) is 11.4 Å². The van der Waals surface area contributed by atoms with Crippen molar-refractivity contribution in [1.82, 2.24) is 24.1 Å². The smallest absolute Gasteiger partial charge is 0.336 e. The van der Waals surface area contributed by atoms with Crippen LogP contribution < -0.4 is 4.72 Å². The molecule has 2 heterocycles. The van der Waals surface area contributed by atoms with E-state index in [1.807, 2.05) is 0 Å². The Bertz CT molecular complexity index is 959. The van der Waals surface area contributed by atoms with Gasteiger partial charge in [0, 0.05) is 32.2 Å². The summed E-state index contributed by atoms with van der Waals surface area (Å²) in [5.74, 6) is -1.96. The average molecular weight is 419 g/mol. The SMILES string of the molecule is CNS(=O)(=O)N1CCN(Cc2ccc(-c3noc(C(F)(F)F)n3)cc2)C(=O)C1. The lowest BCUT2D eigenvalue weighted by Crippen LogP contribution is -2.53. The van der Waals surface area contributed by atoms with Crippen molar-refractivity contribution in [3.8, 4) is 11.4 Å². The maximum absolute atomic E-state index is 12.5. The minimum Gasteiger partial charge on any atom is -0.336 e. The van der Waals surface area contributed by atoms with E-state index in [1.165, 1.54) is 24.1 Å². The van der Waals surface area contributed by atoms with Gasteiger partial charge in [-0.3, -0.25) is 4.79 Å². The van der Waals surface area contributed by atoms with Crippen LogP contribution in [0.1, 0.15) is 11.5 Å². The zero-order valence-corrected chi connectivity index (χ0v) is 15.4. The second-order valence-corrected chi connectivity index (χ2v) is 7.85. The number of rotatable bonds is 5. The highest BCUT2D eigenvalue weighted by Gasteiger charge is 2.38. The summed E-state index contributed by atoms with van der Waals surface area (Å²) < 4.78 is 68.5. The Balaban J connectivity index is 1.65. The van der Waals surface area contributed by atoms with Crippen molar-refractivity contribution in [3.05, 3.63) is 35.7 Å². The van der Waals surface area contributed by atoms with Crippen LogP contribution >= 0.6 is 0 Å². The van der Waals surface area contributed by atoms with Crippen LogP contribution in [0.5, 0.6) is 0 Å². The molecule has 3 rings (SSSR count). The number of benzene rings is 1. The van der Waals surface area contributed by atoms with E-state index in [0.717, 1.165) is 9.87 Å². The molecule has 1 aliphatic rings. The first-order valence-corrected chi connectivity index (χ1v) is 9.51. The van der Waals surface area contributed by atoms with Crippen molar-refractivity contribution < 1.29 is 30.9 Å². The van der Waals surface area contributed by atoms with Gasteiger partial charge in [-0.05, 0) is 5.56 Å². The molecule has 0 aliphatic carbocycles. The van der Waals surface area contributed by atoms with Crippen LogP contribution in [0.15, 0.2) is 28.8 Å². The van der Waals surface area contributed by atoms with Crippen molar-refractivity contribution in [2.75, 3.05) is 26.7 Å². The van der Waals surface area contributed by atoms with Crippen molar-refractivity contribution >= 4 is 16.1 Å². The minimum atomic E-state index is -4.71. The van der Waals surface area contributed by atoms with E-state index in [2.05, 4.69) is 19.4 Å². The molecule has 1 aromatic carbocycles. The second-order valence-electron chi connectivity index (χ2n) is 5.98. The molecule has 0 bridgehead atoms. The van der Waals surface area contributed by atoms with Gasteiger partial charge in [-0.2, -0.15) is 30.9 Å². The van der Waals surface area contributed by atoms with Crippen LogP contribution in [0.4, 0.5) is 13.2 Å². The molecular formula is C15H16F3N5O4S. The fourth-order valence-corrected chi connectivity index (χ4v) is 3.48. The fraction of sp³-hybridized carbons (Fsp3) is 0.400. The number of alkyl halides is 3. The van der Waals surface area contributed by atoms with Gasteiger partial charge < -0.3 is 9.42 Å². The molecule has 152 valence electrons. The Morgan fingerprint density at radius 1 is 1.21 bits per heavy atom. The highest BCUT2D eigenvalue weighted by Crippen LogP contribution is 2.29. The quantitative estimate of drug-likeness (QED) is 0.770. The number of carbonyl (C=O) groups is 1. The summed E-state index contributed by atoms with van der Waals surface area (Å²) in [6.07, 6.45) is -4.71. The molecule has 28 heavy (non-hydrogen) atoms. The van der Waals surface area contributed by atoms with Crippen molar-refractivity contribution in [1.29, 1.82) is 0 Å². The lowest BCUT2D eigenvalue weighted by Gasteiger charge is -2.33. The number of amides is 1. The number of hydrogen-bond donors (Lipinski definition) is 1. The van der Waals surface area contributed by atoms with Crippen LogP contribution in [0.3, 0.4) is 0 Å². The molecule has 1 saturated heterocycles. The molecule has 13 heteroatoms. The Labute approximate surface area is 158 Å². The Kier molecular flexibility index (Phi) is 5.41. The maximum atomic E-state index is 12.5. The van der Waals surface area contributed by atoms with Gasteiger partial charge in [0.05, 0.1) is 6.54 Å². The zero-order chi connectivity index (χ0) is 20.5. The van der Waals surface area contributed by atoms with Gasteiger partial charge in [-0.1, -0.05) is 29.4 Å². The number of aromatic nitrogens is 2. The molecule has 1 fully saturated rings. The summed E-state index contributed by atoms with van der Waals surface area (Å²) in [4.78, 5) is 17.0. The van der Waals surface area contributed by atoms with Crippen LogP contribution in [0, 0.1) is 0 Å². The molecule has 1 N–H and O–H groups in total. The van der Waals surface area contributed by atoms with Gasteiger partial charge in [0.25, 0.3) is 10.2 Å². The summed E-state index contributed by atoms with van der Waals surface area (Å²) in [5, 5.41) is 3.31. The molecule has 2 aromatic rings. The van der Waals surface area contributed by atoms with Gasteiger partial charge >= 0.3 is 12.1 Å². The molecular weight excluding hydrogens is 403 g/mol. The number of halogens is 3. The lowest BCUT2D eigenvalue weighted by atomic mass is 10.1. The number of nitrogens with zero attached hydrogens (tertiary/aromatic N) is 4. The number of piperazine rings is 1. The summed E-state index contributed by atoms with van der Waals surface area (Å²) in [6.45, 7) is 0.369. The summed E-state index contributed by atoms with van der Waals surface area (Å²) in [6, 6.07) is 6.30. The Morgan fingerprint density at radius 2 is 1.89 bits per heavy atom. The highest BCUT2D eigenvalue weighted by atomic mass is 32.2. The van der Waals surface area contributed by atoms with Gasteiger partial charge in [-0.15, -0.1) is 0 Å². The standard InChI is InChI=1S/C15H16F3N5O4S/c1-19-28(25,26)23-7-6-22(12(24)9-23)8-10-2-4-11(5-3-10)13-20-14(27-21-13)15(16,17)18/h2-5,19H,6-9H2,1H3. The minimum absolute atomic E-state index is 0.163. The maximum Gasteiger partial charge on any atom is 0.471 e. The fourth-order valence-electron chi connectivity index (χ4n) is 2.62. The third-order valence-corrected chi connectivity index (χ3v) is 5.64. The molecule has 0 spiro atoms. The molecule has 1 aromatic heterocycles. The molecule has 1 amide bonds. The predicted molar refractivity (Wildman–Crippen MR) is 89.7 cm³/mol. The third-order valence-electron chi connectivity index (χ3n) is 4.14. The van der Waals surface area contributed by atoms with Gasteiger partial charge in [0.1, 0.15) is 0 Å². The van der Waals surface area contributed by atoms with E-state index >= 15 is 0 Å². The summed E-state index contributed by atoms with van der Waals surface area (Å²) in [7, 11) is -2.39. The summed E-state index contributed by atoms with van der Waals surface area (Å²) in [5.41, 5.74) is 1.06. The van der Waals surface area contributed by atoms with E-state index in [0.29, 0.717) is 5.56 Å². The predicted octanol–water partition coefficient (Wildman–Crippen LogP) is 0.864. The van der Waals surface area contributed by atoms with E-state index < -0.39 is 22.3 Å². The van der Waals surface area contributed by atoms with E-state index in [9.17, 15) is 26.4 Å².